The summed E-state index contributed by atoms with van der Waals surface area (Å²) in [5.41, 5.74) is 1.09. The van der Waals surface area contributed by atoms with Crippen molar-refractivity contribution in [1.29, 1.82) is 0 Å². The summed E-state index contributed by atoms with van der Waals surface area (Å²) >= 11 is 8.45. The minimum absolute atomic E-state index is 0.311. The maximum atomic E-state index is 13.7. The maximum Gasteiger partial charge on any atom is 0.216 e. The van der Waals surface area contributed by atoms with Gasteiger partial charge in [0.2, 0.25) is 4.77 Å². The number of hydrogen-bond donors (Lipinski definition) is 1. The summed E-state index contributed by atoms with van der Waals surface area (Å²) in [6.07, 6.45) is 4.71. The third-order valence-electron chi connectivity index (χ3n) is 2.84. The topological polar surface area (TPSA) is 58.9 Å². The number of hydrogen-bond acceptors (Lipinski definition) is 4. The van der Waals surface area contributed by atoms with E-state index in [9.17, 15) is 4.39 Å². The highest BCUT2D eigenvalue weighted by atomic mass is 79.9. The first-order valence-electron chi connectivity index (χ1n) is 6.22. The molecule has 22 heavy (non-hydrogen) atoms. The number of benzene rings is 1. The van der Waals surface area contributed by atoms with Crippen molar-refractivity contribution in [2.45, 2.75) is 0 Å². The molecule has 110 valence electrons. The molecule has 0 unspecified atom stereocenters. The molecule has 3 rings (SSSR count). The molecule has 2 aromatic heterocycles. The van der Waals surface area contributed by atoms with Crippen molar-refractivity contribution in [3.63, 3.8) is 0 Å². The Morgan fingerprint density at radius 3 is 3.00 bits per heavy atom. The van der Waals surface area contributed by atoms with Crippen LogP contribution in [0.15, 0.2) is 52.3 Å². The fourth-order valence-electron chi connectivity index (χ4n) is 1.81. The fourth-order valence-corrected chi connectivity index (χ4v) is 2.37. The Morgan fingerprint density at radius 1 is 1.36 bits per heavy atom. The molecule has 1 N–H and O–H groups in total. The van der Waals surface area contributed by atoms with Crippen LogP contribution in [0.5, 0.6) is 0 Å². The zero-order chi connectivity index (χ0) is 15.5. The quantitative estimate of drug-likeness (QED) is 0.557. The van der Waals surface area contributed by atoms with Crippen molar-refractivity contribution in [1.82, 2.24) is 19.9 Å². The van der Waals surface area contributed by atoms with E-state index in [2.05, 4.69) is 36.2 Å². The predicted molar refractivity (Wildman–Crippen MR) is 87.7 cm³/mol. The van der Waals surface area contributed by atoms with Crippen molar-refractivity contribution in [2.24, 2.45) is 5.10 Å². The van der Waals surface area contributed by atoms with Gasteiger partial charge in [0.25, 0.3) is 0 Å². The number of halogens is 2. The van der Waals surface area contributed by atoms with E-state index in [0.717, 1.165) is 10.0 Å². The van der Waals surface area contributed by atoms with Crippen molar-refractivity contribution in [3.8, 4) is 11.4 Å². The second-order valence-electron chi connectivity index (χ2n) is 4.32. The summed E-state index contributed by atoms with van der Waals surface area (Å²) in [5.74, 6) is 0.134. The molecule has 0 radical (unpaired) electrons. The highest BCUT2D eigenvalue weighted by molar-refractivity contribution is 9.10. The normalized spacial score (nSPS) is 11.2. The van der Waals surface area contributed by atoms with Gasteiger partial charge in [0.05, 0.1) is 6.21 Å². The zero-order valence-corrected chi connectivity index (χ0v) is 13.5. The average molecular weight is 378 g/mol. The standard InChI is InChI=1S/C14H9BrFN5S/c15-11-3-4-12(16)10(6-11)8-18-21-13(19-20-14(21)22)9-2-1-5-17-7-9/h1-8H,(H,20,22). The number of nitrogens with zero attached hydrogens (tertiary/aromatic N) is 4. The lowest BCUT2D eigenvalue weighted by Crippen LogP contribution is -1.96. The van der Waals surface area contributed by atoms with Crippen LogP contribution in [0, 0.1) is 10.6 Å². The molecule has 0 amide bonds. The van der Waals surface area contributed by atoms with Crippen LogP contribution in [0.1, 0.15) is 5.56 Å². The first kappa shape index (κ1) is 14.7. The van der Waals surface area contributed by atoms with Gasteiger partial charge in [-0.1, -0.05) is 15.9 Å². The lowest BCUT2D eigenvalue weighted by atomic mass is 10.2. The fraction of sp³-hybridized carbons (Fsp3) is 0. The molecule has 0 bridgehead atoms. The molecule has 8 heteroatoms. The van der Waals surface area contributed by atoms with Crippen LogP contribution in [0.4, 0.5) is 4.39 Å². The molecule has 0 spiro atoms. The highest BCUT2D eigenvalue weighted by Gasteiger charge is 2.08. The Bertz CT molecular complexity index is 888. The molecule has 0 aliphatic rings. The van der Waals surface area contributed by atoms with Crippen LogP contribution in [0.3, 0.4) is 0 Å². The van der Waals surface area contributed by atoms with Gasteiger partial charge >= 0.3 is 0 Å². The monoisotopic (exact) mass is 377 g/mol. The van der Waals surface area contributed by atoms with E-state index in [1.807, 2.05) is 6.07 Å². The van der Waals surface area contributed by atoms with E-state index >= 15 is 0 Å². The summed E-state index contributed by atoms with van der Waals surface area (Å²) < 4.78 is 16.2. The molecule has 2 heterocycles. The van der Waals surface area contributed by atoms with Crippen molar-refractivity contribution < 1.29 is 4.39 Å². The van der Waals surface area contributed by atoms with Gasteiger partial charge in [-0.25, -0.2) is 9.49 Å². The second-order valence-corrected chi connectivity index (χ2v) is 5.62. The van der Waals surface area contributed by atoms with Crippen LogP contribution in [0.25, 0.3) is 11.4 Å². The highest BCUT2D eigenvalue weighted by Crippen LogP contribution is 2.17. The van der Waals surface area contributed by atoms with Gasteiger partial charge in [0.15, 0.2) is 5.82 Å². The Kier molecular flexibility index (Phi) is 4.21. The predicted octanol–water partition coefficient (Wildman–Crippen LogP) is 3.79. The Labute approximate surface area is 138 Å². The van der Waals surface area contributed by atoms with Crippen LogP contribution in [-0.4, -0.2) is 26.1 Å². The molecule has 0 fully saturated rings. The lowest BCUT2D eigenvalue weighted by Gasteiger charge is -2.01. The molecule has 0 saturated heterocycles. The number of rotatable bonds is 3. The van der Waals surface area contributed by atoms with Gasteiger partial charge in [0.1, 0.15) is 5.82 Å². The minimum Gasteiger partial charge on any atom is -0.264 e. The molecule has 0 aliphatic heterocycles. The van der Waals surface area contributed by atoms with Crippen LogP contribution in [-0.2, 0) is 0 Å². The maximum absolute atomic E-state index is 13.7. The van der Waals surface area contributed by atoms with Crippen LogP contribution < -0.4 is 0 Å². The number of aromatic amines is 1. The number of aromatic nitrogens is 4. The van der Waals surface area contributed by atoms with Gasteiger partial charge < -0.3 is 0 Å². The SMILES string of the molecule is Fc1ccc(Br)cc1C=Nn1c(-c2cccnc2)n[nH]c1=S. The third-order valence-corrected chi connectivity index (χ3v) is 3.60. The molecular formula is C14H9BrFN5S. The van der Waals surface area contributed by atoms with Gasteiger partial charge in [-0.15, -0.1) is 0 Å². The largest absolute Gasteiger partial charge is 0.264 e. The summed E-state index contributed by atoms with van der Waals surface area (Å²) in [7, 11) is 0. The molecule has 0 saturated carbocycles. The van der Waals surface area contributed by atoms with Crippen LogP contribution in [0.2, 0.25) is 0 Å². The van der Waals surface area contributed by atoms with E-state index < -0.39 is 0 Å². The van der Waals surface area contributed by atoms with E-state index in [-0.39, 0.29) is 5.82 Å². The van der Waals surface area contributed by atoms with Crippen molar-refractivity contribution >= 4 is 34.4 Å². The molecule has 0 atom stereocenters. The summed E-state index contributed by atoms with van der Waals surface area (Å²) in [6.45, 7) is 0. The van der Waals surface area contributed by atoms with E-state index in [1.54, 1.807) is 30.6 Å². The van der Waals surface area contributed by atoms with Gasteiger partial charge in [-0.2, -0.15) is 14.9 Å². The first-order valence-corrected chi connectivity index (χ1v) is 7.42. The van der Waals surface area contributed by atoms with Crippen molar-refractivity contribution in [2.75, 3.05) is 0 Å². The Hall–Kier alpha value is -2.19. The second kappa shape index (κ2) is 6.29. The molecule has 3 aromatic rings. The smallest absolute Gasteiger partial charge is 0.216 e. The van der Waals surface area contributed by atoms with Crippen molar-refractivity contribution in [3.05, 3.63) is 63.3 Å². The molecule has 0 aliphatic carbocycles. The summed E-state index contributed by atoms with van der Waals surface area (Å²) in [6, 6.07) is 8.24. The zero-order valence-electron chi connectivity index (χ0n) is 11.1. The number of nitrogens with one attached hydrogen (secondary N) is 1. The van der Waals surface area contributed by atoms with Gasteiger partial charge in [-0.05, 0) is 42.5 Å². The summed E-state index contributed by atoms with van der Waals surface area (Å²) in [5, 5.41) is 11.0. The molecule has 5 nitrogen and oxygen atoms in total. The number of pyridine rings is 1. The van der Waals surface area contributed by atoms with Gasteiger partial charge in [-0.3, -0.25) is 4.98 Å². The summed E-state index contributed by atoms with van der Waals surface area (Å²) in [4.78, 5) is 4.04. The van der Waals surface area contributed by atoms with E-state index in [1.165, 1.54) is 17.0 Å². The lowest BCUT2D eigenvalue weighted by molar-refractivity contribution is 0.625. The third kappa shape index (κ3) is 3.02. The molecule has 1 aromatic carbocycles. The van der Waals surface area contributed by atoms with Crippen LogP contribution >= 0.6 is 28.1 Å². The minimum atomic E-state index is -0.370. The first-order chi connectivity index (χ1) is 10.6. The molecular weight excluding hydrogens is 369 g/mol. The van der Waals surface area contributed by atoms with E-state index in [0.29, 0.717) is 16.2 Å². The van der Waals surface area contributed by atoms with Gasteiger partial charge in [0, 0.05) is 28.0 Å². The number of H-pyrrole nitrogens is 1. The van der Waals surface area contributed by atoms with E-state index in [4.69, 9.17) is 12.2 Å². The Balaban J connectivity index is 2.03. The Morgan fingerprint density at radius 2 is 2.23 bits per heavy atom. The average Bonchev–Trinajstić information content (AvgIpc) is 2.90.